The number of methoxy groups -OCH3 is 1. The Hall–Kier alpha value is -3.36. The van der Waals surface area contributed by atoms with Gasteiger partial charge in [0, 0.05) is 18.2 Å². The molecule has 1 unspecified atom stereocenters. The molecule has 2 aromatic rings. The minimum atomic E-state index is -0.863. The van der Waals surface area contributed by atoms with Crippen molar-refractivity contribution < 1.29 is 23.7 Å². The summed E-state index contributed by atoms with van der Waals surface area (Å²) in [5, 5.41) is 15.4. The number of nitro groups is 1. The molecule has 0 aliphatic heterocycles. The van der Waals surface area contributed by atoms with Gasteiger partial charge in [-0.1, -0.05) is 38.5 Å². The molecule has 1 aromatic carbocycles. The molecule has 2 aliphatic carbocycles. The van der Waals surface area contributed by atoms with Gasteiger partial charge >= 0.3 is 5.97 Å². The van der Waals surface area contributed by atoms with E-state index in [1.807, 2.05) is 4.90 Å². The molecule has 9 nitrogen and oxygen atoms in total. The predicted molar refractivity (Wildman–Crippen MR) is 130 cm³/mol. The lowest BCUT2D eigenvalue weighted by Gasteiger charge is -2.40. The Morgan fingerprint density at radius 1 is 1.09 bits per heavy atom. The number of nitro benzene ring substituents is 1. The van der Waals surface area contributed by atoms with E-state index in [1.54, 1.807) is 18.2 Å². The molecule has 0 bridgehead atoms. The fourth-order valence-electron chi connectivity index (χ4n) is 5.41. The maximum absolute atomic E-state index is 13.8. The van der Waals surface area contributed by atoms with Gasteiger partial charge in [-0.3, -0.25) is 14.9 Å². The largest absolute Gasteiger partial charge is 0.467 e. The number of amides is 1. The molecule has 2 fully saturated rings. The van der Waals surface area contributed by atoms with Crippen LogP contribution in [0.1, 0.15) is 86.4 Å². The van der Waals surface area contributed by atoms with Gasteiger partial charge in [0.2, 0.25) is 0 Å². The Balaban J connectivity index is 1.79. The molecule has 2 saturated carbocycles. The zero-order valence-electron chi connectivity index (χ0n) is 20.1. The fraction of sp³-hybridized carbons (Fsp3) is 0.538. The number of hydrogen-bond donors (Lipinski definition) is 1. The summed E-state index contributed by atoms with van der Waals surface area (Å²) in [4.78, 5) is 39.4. The number of rotatable bonds is 8. The van der Waals surface area contributed by atoms with Crippen molar-refractivity contribution in [2.75, 3.05) is 12.0 Å². The first kappa shape index (κ1) is 24.8. The molecule has 9 heteroatoms. The molecule has 35 heavy (non-hydrogen) atoms. The van der Waals surface area contributed by atoms with Crippen LogP contribution in [0.2, 0.25) is 0 Å². The molecule has 2 aliphatic rings. The molecule has 0 radical (unpaired) electrons. The van der Waals surface area contributed by atoms with Crippen LogP contribution in [0.5, 0.6) is 0 Å². The van der Waals surface area contributed by atoms with Gasteiger partial charge < -0.3 is 19.4 Å². The first-order valence-electron chi connectivity index (χ1n) is 12.5. The van der Waals surface area contributed by atoms with Gasteiger partial charge in [-0.05, 0) is 49.9 Å². The molecule has 1 aromatic heterocycles. The second kappa shape index (κ2) is 11.4. The molecule has 0 saturated heterocycles. The van der Waals surface area contributed by atoms with Gasteiger partial charge in [0.05, 0.1) is 23.9 Å². The molecular formula is C26H33N3O6. The maximum atomic E-state index is 13.8. The van der Waals surface area contributed by atoms with Crippen molar-refractivity contribution in [3.63, 3.8) is 0 Å². The molecule has 188 valence electrons. The second-order valence-corrected chi connectivity index (χ2v) is 9.41. The number of nitrogens with one attached hydrogen (secondary N) is 1. The van der Waals surface area contributed by atoms with Crippen molar-refractivity contribution >= 4 is 23.3 Å². The Kier molecular flexibility index (Phi) is 8.05. The predicted octanol–water partition coefficient (Wildman–Crippen LogP) is 5.30. The van der Waals surface area contributed by atoms with Crippen molar-refractivity contribution in [3.8, 4) is 0 Å². The summed E-state index contributed by atoms with van der Waals surface area (Å²) in [6.45, 7) is 0. The van der Waals surface area contributed by atoms with E-state index in [0.717, 1.165) is 57.8 Å². The molecule has 1 N–H and O–H groups in total. The molecule has 1 amide bonds. The summed E-state index contributed by atoms with van der Waals surface area (Å²) in [5.74, 6) is -0.430. The third-order valence-corrected chi connectivity index (χ3v) is 7.13. The summed E-state index contributed by atoms with van der Waals surface area (Å²) in [6, 6.07) is 6.91. The van der Waals surface area contributed by atoms with Crippen LogP contribution >= 0.6 is 0 Å². The number of furan rings is 1. The molecule has 0 spiro atoms. The highest BCUT2D eigenvalue weighted by molar-refractivity contribution is 5.92. The Morgan fingerprint density at radius 2 is 1.77 bits per heavy atom. The number of carbonyl (C=O) groups excluding carboxylic acids is 2. The van der Waals surface area contributed by atoms with Gasteiger partial charge in [0.15, 0.2) is 6.04 Å². The average Bonchev–Trinajstić information content (AvgIpc) is 3.42. The normalized spacial score (nSPS) is 18.0. The van der Waals surface area contributed by atoms with Crippen LogP contribution in [0.4, 0.5) is 11.4 Å². The van der Waals surface area contributed by atoms with E-state index in [4.69, 9.17) is 9.15 Å². The second-order valence-electron chi connectivity index (χ2n) is 9.41. The van der Waals surface area contributed by atoms with Crippen molar-refractivity contribution in [3.05, 3.63) is 58.0 Å². The standard InChI is InChI=1S/C26H33N3O6/c1-34-26(31)18-14-15-21(22(17-18)29(32)33)28(20-11-6-3-7-12-20)24(23-13-8-16-35-23)25(30)27-19-9-4-2-5-10-19/h8,13-17,19-20,24H,2-7,9-12H2,1H3,(H,27,30). The van der Waals surface area contributed by atoms with Crippen molar-refractivity contribution in [1.82, 2.24) is 5.32 Å². The highest BCUT2D eigenvalue weighted by atomic mass is 16.6. The number of carbonyl (C=O) groups is 2. The minimum Gasteiger partial charge on any atom is -0.467 e. The first-order chi connectivity index (χ1) is 17.0. The van der Waals surface area contributed by atoms with E-state index in [9.17, 15) is 19.7 Å². The summed E-state index contributed by atoms with van der Waals surface area (Å²) in [6.07, 6.45) is 11.3. The number of ether oxygens (including phenoxy) is 1. The van der Waals surface area contributed by atoms with E-state index in [0.29, 0.717) is 11.4 Å². The van der Waals surface area contributed by atoms with E-state index in [-0.39, 0.29) is 29.2 Å². The zero-order chi connectivity index (χ0) is 24.8. The minimum absolute atomic E-state index is 0.0820. The molecule has 1 atom stereocenters. The Morgan fingerprint density at radius 3 is 2.37 bits per heavy atom. The lowest BCUT2D eigenvalue weighted by Crippen LogP contribution is -2.49. The average molecular weight is 484 g/mol. The van der Waals surface area contributed by atoms with Crippen molar-refractivity contribution in [1.29, 1.82) is 0 Å². The van der Waals surface area contributed by atoms with Crippen LogP contribution < -0.4 is 10.2 Å². The smallest absolute Gasteiger partial charge is 0.338 e. The highest BCUT2D eigenvalue weighted by Gasteiger charge is 2.39. The SMILES string of the molecule is COC(=O)c1ccc(N(C2CCCCC2)C(C(=O)NC2CCCCC2)c2ccco2)c([N+](=O)[O-])c1. The van der Waals surface area contributed by atoms with E-state index in [1.165, 1.54) is 31.9 Å². The number of nitrogens with zero attached hydrogens (tertiary/aromatic N) is 2. The van der Waals surface area contributed by atoms with Crippen molar-refractivity contribution in [2.24, 2.45) is 0 Å². The van der Waals surface area contributed by atoms with E-state index >= 15 is 0 Å². The van der Waals surface area contributed by atoms with Gasteiger partial charge in [0.25, 0.3) is 11.6 Å². The van der Waals surface area contributed by atoms with Crippen molar-refractivity contribution in [2.45, 2.75) is 82.3 Å². The molecular weight excluding hydrogens is 450 g/mol. The van der Waals surface area contributed by atoms with Crippen LogP contribution in [-0.2, 0) is 9.53 Å². The Bertz CT molecular complexity index is 1030. The van der Waals surface area contributed by atoms with E-state index in [2.05, 4.69) is 5.32 Å². The van der Waals surface area contributed by atoms with Crippen LogP contribution in [0, 0.1) is 10.1 Å². The van der Waals surface area contributed by atoms with Crippen LogP contribution in [0.3, 0.4) is 0 Å². The summed E-state index contributed by atoms with van der Waals surface area (Å²) >= 11 is 0. The number of esters is 1. The topological polar surface area (TPSA) is 115 Å². The first-order valence-corrected chi connectivity index (χ1v) is 12.5. The van der Waals surface area contributed by atoms with Gasteiger partial charge in [-0.25, -0.2) is 4.79 Å². The maximum Gasteiger partial charge on any atom is 0.338 e. The zero-order valence-corrected chi connectivity index (χ0v) is 20.1. The lowest BCUT2D eigenvalue weighted by atomic mass is 9.91. The third kappa shape index (κ3) is 5.66. The van der Waals surface area contributed by atoms with Gasteiger partial charge in [0.1, 0.15) is 11.4 Å². The summed E-state index contributed by atoms with van der Waals surface area (Å²) < 4.78 is 10.5. The molecule has 1 heterocycles. The van der Waals surface area contributed by atoms with Gasteiger partial charge in [-0.15, -0.1) is 0 Å². The number of hydrogen-bond acceptors (Lipinski definition) is 7. The van der Waals surface area contributed by atoms with E-state index < -0.39 is 16.9 Å². The van der Waals surface area contributed by atoms with Crippen LogP contribution in [0.15, 0.2) is 41.0 Å². The summed E-state index contributed by atoms with van der Waals surface area (Å²) in [7, 11) is 1.24. The lowest BCUT2D eigenvalue weighted by molar-refractivity contribution is -0.384. The summed E-state index contributed by atoms with van der Waals surface area (Å²) in [5.41, 5.74) is 0.156. The molecule has 4 rings (SSSR count). The Labute approximate surface area is 205 Å². The van der Waals surface area contributed by atoms with Gasteiger partial charge in [-0.2, -0.15) is 0 Å². The van der Waals surface area contributed by atoms with Crippen LogP contribution in [-0.4, -0.2) is 36.0 Å². The highest BCUT2D eigenvalue weighted by Crippen LogP contribution is 2.40. The quantitative estimate of drug-likeness (QED) is 0.308. The number of benzene rings is 1. The fourth-order valence-corrected chi connectivity index (χ4v) is 5.41. The number of anilines is 1. The monoisotopic (exact) mass is 483 g/mol. The van der Waals surface area contributed by atoms with Crippen LogP contribution in [0.25, 0.3) is 0 Å². The third-order valence-electron chi connectivity index (χ3n) is 7.13.